The first-order chi connectivity index (χ1) is 16.1. The molecule has 1 heterocycles. The van der Waals surface area contributed by atoms with E-state index in [4.69, 9.17) is 14.2 Å². The molecule has 2 unspecified atom stereocenters. The predicted molar refractivity (Wildman–Crippen MR) is 135 cm³/mol. The van der Waals surface area contributed by atoms with E-state index in [1.165, 1.54) is 0 Å². The molecule has 1 aliphatic rings. The first-order valence-electron chi connectivity index (χ1n) is 12.0. The zero-order chi connectivity index (χ0) is 26.6. The van der Waals surface area contributed by atoms with Crippen LogP contribution in [0.15, 0.2) is 18.2 Å². The number of ether oxygens (including phenoxy) is 3. The van der Waals surface area contributed by atoms with Crippen LogP contribution in [0, 0.1) is 0 Å². The van der Waals surface area contributed by atoms with Crippen LogP contribution in [-0.2, 0) is 19.1 Å². The van der Waals surface area contributed by atoms with Gasteiger partial charge in [-0.2, -0.15) is 0 Å². The Bertz CT molecular complexity index is 917. The summed E-state index contributed by atoms with van der Waals surface area (Å²) in [5.74, 6) is 0.106. The summed E-state index contributed by atoms with van der Waals surface area (Å²) in [6.45, 7) is 11.7. The molecule has 0 bridgehead atoms. The molecule has 2 atom stereocenters. The van der Waals surface area contributed by atoms with Gasteiger partial charge in [-0.15, -0.1) is 0 Å². The Morgan fingerprint density at radius 3 is 2.26 bits per heavy atom. The Labute approximate surface area is 209 Å². The monoisotopic (exact) mass is 491 g/mol. The molecule has 2 amide bonds. The van der Waals surface area contributed by atoms with Gasteiger partial charge >= 0.3 is 12.1 Å². The molecule has 2 rings (SSSR count). The van der Waals surface area contributed by atoms with Gasteiger partial charge in [-0.25, -0.2) is 9.59 Å². The van der Waals surface area contributed by atoms with Crippen LogP contribution in [0.25, 0.3) is 0 Å². The molecule has 1 aromatic rings. The fraction of sp³-hybridized carbons (Fsp3) is 0.654. The number of esters is 1. The van der Waals surface area contributed by atoms with Crippen LogP contribution in [0.1, 0.15) is 65.9 Å². The molecule has 0 saturated heterocycles. The third-order valence-corrected chi connectivity index (χ3v) is 5.28. The number of carbonyl (C=O) groups excluding carboxylic acids is 3. The largest absolute Gasteiger partial charge is 0.496 e. The maximum Gasteiger partial charge on any atom is 0.408 e. The van der Waals surface area contributed by atoms with Gasteiger partial charge in [0.1, 0.15) is 23.0 Å². The molecule has 9 nitrogen and oxygen atoms in total. The standard InChI is InChI=1S/C26H41N3O6/c1-25(2,3)34-23(31)18(27-24(32)35-26(4,5)6)13-14-21(30)29-16-17(15-28(7)8)22-19(29)11-10-12-20(22)33-9/h10-12,17-18H,13-16H2,1-9H3,(H,27,32). The van der Waals surface area contributed by atoms with Crippen LogP contribution in [0.2, 0.25) is 0 Å². The summed E-state index contributed by atoms with van der Waals surface area (Å²) in [5.41, 5.74) is 0.361. The maximum absolute atomic E-state index is 13.3. The predicted octanol–water partition coefficient (Wildman–Crippen LogP) is 3.70. The Hall–Kier alpha value is -2.81. The summed E-state index contributed by atoms with van der Waals surface area (Å²) in [6.07, 6.45) is -0.602. The normalized spacial score (nSPS) is 16.5. The van der Waals surface area contributed by atoms with Gasteiger partial charge in [-0.05, 0) is 74.2 Å². The lowest BCUT2D eigenvalue weighted by Gasteiger charge is -2.26. The van der Waals surface area contributed by atoms with Crippen molar-refractivity contribution >= 4 is 23.7 Å². The van der Waals surface area contributed by atoms with Gasteiger partial charge in [0.2, 0.25) is 5.91 Å². The van der Waals surface area contributed by atoms with E-state index in [0.717, 1.165) is 23.5 Å². The number of nitrogens with one attached hydrogen (secondary N) is 1. The van der Waals surface area contributed by atoms with Crippen LogP contribution in [0.3, 0.4) is 0 Å². The number of carbonyl (C=O) groups is 3. The first kappa shape index (κ1) is 28.4. The van der Waals surface area contributed by atoms with Crippen LogP contribution >= 0.6 is 0 Å². The number of rotatable bonds is 8. The molecule has 1 aromatic carbocycles. The minimum atomic E-state index is -1.02. The van der Waals surface area contributed by atoms with Gasteiger partial charge < -0.3 is 29.3 Å². The van der Waals surface area contributed by atoms with Crippen LogP contribution in [0.5, 0.6) is 5.75 Å². The Morgan fingerprint density at radius 2 is 1.71 bits per heavy atom. The van der Waals surface area contributed by atoms with Gasteiger partial charge in [-0.1, -0.05) is 6.07 Å². The fourth-order valence-corrected chi connectivity index (χ4v) is 4.07. The molecular formula is C26H41N3O6. The van der Waals surface area contributed by atoms with Crippen LogP contribution in [-0.4, -0.2) is 74.4 Å². The van der Waals surface area contributed by atoms with Crippen molar-refractivity contribution in [3.8, 4) is 5.75 Å². The van der Waals surface area contributed by atoms with Gasteiger partial charge in [0.25, 0.3) is 0 Å². The van der Waals surface area contributed by atoms with Crippen molar-refractivity contribution in [3.63, 3.8) is 0 Å². The zero-order valence-corrected chi connectivity index (χ0v) is 22.6. The summed E-state index contributed by atoms with van der Waals surface area (Å²) in [7, 11) is 5.61. The second-order valence-corrected chi connectivity index (χ2v) is 11.1. The third-order valence-electron chi connectivity index (χ3n) is 5.28. The number of alkyl carbamates (subject to hydrolysis) is 1. The minimum absolute atomic E-state index is 0.0467. The number of nitrogens with zero attached hydrogens (tertiary/aromatic N) is 2. The molecule has 9 heteroatoms. The van der Waals surface area contributed by atoms with Crippen molar-refractivity contribution in [2.45, 2.75) is 77.5 Å². The third kappa shape index (κ3) is 8.42. The highest BCUT2D eigenvalue weighted by molar-refractivity contribution is 5.97. The van der Waals surface area contributed by atoms with E-state index < -0.39 is 29.3 Å². The maximum atomic E-state index is 13.3. The van der Waals surface area contributed by atoms with E-state index in [1.807, 2.05) is 32.3 Å². The van der Waals surface area contributed by atoms with Crippen molar-refractivity contribution in [2.24, 2.45) is 0 Å². The molecule has 1 N–H and O–H groups in total. The topological polar surface area (TPSA) is 97.4 Å². The SMILES string of the molecule is COc1cccc2c1C(CN(C)C)CN2C(=O)CCC(NC(=O)OC(C)(C)C)C(=O)OC(C)(C)C. The summed E-state index contributed by atoms with van der Waals surface area (Å²) in [4.78, 5) is 42.3. The number of methoxy groups -OCH3 is 1. The van der Waals surface area contributed by atoms with E-state index in [2.05, 4.69) is 10.2 Å². The lowest BCUT2D eigenvalue weighted by atomic mass is 10.00. The fourth-order valence-electron chi connectivity index (χ4n) is 4.07. The Balaban J connectivity index is 2.19. The number of fused-ring (bicyclic) bond motifs is 1. The molecule has 196 valence electrons. The number of amides is 2. The summed E-state index contributed by atoms with van der Waals surface area (Å²) < 4.78 is 16.4. The van der Waals surface area contributed by atoms with E-state index in [0.29, 0.717) is 6.54 Å². The summed E-state index contributed by atoms with van der Waals surface area (Å²) >= 11 is 0. The van der Waals surface area contributed by atoms with Crippen molar-refractivity contribution in [1.29, 1.82) is 0 Å². The number of benzene rings is 1. The van der Waals surface area contributed by atoms with Gasteiger partial charge in [-0.3, -0.25) is 4.79 Å². The average molecular weight is 492 g/mol. The number of anilines is 1. The number of likely N-dealkylation sites (N-methyl/N-ethyl adjacent to an activating group) is 1. The van der Waals surface area contributed by atoms with Crippen molar-refractivity contribution in [2.75, 3.05) is 39.2 Å². The highest BCUT2D eigenvalue weighted by Gasteiger charge is 2.36. The van der Waals surface area contributed by atoms with E-state index >= 15 is 0 Å². The zero-order valence-electron chi connectivity index (χ0n) is 22.6. The lowest BCUT2D eigenvalue weighted by molar-refractivity contribution is -0.157. The number of hydrogen-bond donors (Lipinski definition) is 1. The van der Waals surface area contributed by atoms with Crippen molar-refractivity contribution in [3.05, 3.63) is 23.8 Å². The summed E-state index contributed by atoms with van der Waals surface area (Å²) in [6, 6.07) is 4.66. The van der Waals surface area contributed by atoms with Gasteiger partial charge in [0.15, 0.2) is 0 Å². The molecule has 1 aliphatic heterocycles. The highest BCUT2D eigenvalue weighted by Crippen LogP contribution is 2.42. The molecule has 0 fully saturated rings. The van der Waals surface area contributed by atoms with Crippen LogP contribution in [0.4, 0.5) is 10.5 Å². The minimum Gasteiger partial charge on any atom is -0.496 e. The number of hydrogen-bond acceptors (Lipinski definition) is 7. The molecule has 0 radical (unpaired) electrons. The van der Waals surface area contributed by atoms with E-state index in [1.54, 1.807) is 53.6 Å². The Kier molecular flexibility index (Phi) is 9.17. The first-order valence-corrected chi connectivity index (χ1v) is 12.0. The quantitative estimate of drug-likeness (QED) is 0.554. The van der Waals surface area contributed by atoms with Crippen molar-refractivity contribution < 1.29 is 28.6 Å². The lowest BCUT2D eigenvalue weighted by Crippen LogP contribution is -2.46. The second kappa shape index (κ2) is 11.3. The molecule has 0 spiro atoms. The summed E-state index contributed by atoms with van der Waals surface area (Å²) in [5, 5.41) is 2.58. The molecule has 0 saturated carbocycles. The van der Waals surface area contributed by atoms with Gasteiger partial charge in [0.05, 0.1) is 12.8 Å². The van der Waals surface area contributed by atoms with E-state index in [9.17, 15) is 14.4 Å². The molecular weight excluding hydrogens is 450 g/mol. The molecule has 0 aliphatic carbocycles. The van der Waals surface area contributed by atoms with Gasteiger partial charge in [0, 0.05) is 31.0 Å². The average Bonchev–Trinajstić information content (AvgIpc) is 3.06. The second-order valence-electron chi connectivity index (χ2n) is 11.1. The molecule has 0 aromatic heterocycles. The highest BCUT2D eigenvalue weighted by atomic mass is 16.6. The van der Waals surface area contributed by atoms with E-state index in [-0.39, 0.29) is 24.7 Å². The molecule has 35 heavy (non-hydrogen) atoms. The van der Waals surface area contributed by atoms with Crippen LogP contribution < -0.4 is 15.0 Å². The van der Waals surface area contributed by atoms with Crippen molar-refractivity contribution in [1.82, 2.24) is 10.2 Å². The smallest absolute Gasteiger partial charge is 0.408 e. The Morgan fingerprint density at radius 1 is 1.09 bits per heavy atom.